The number of hydrogen-bond donors (Lipinski definition) is 0. The average molecular weight is 316 g/mol. The molecule has 2 rings (SSSR count). The van der Waals surface area contributed by atoms with Crippen molar-refractivity contribution in [1.82, 2.24) is 0 Å². The Kier molecular flexibility index (Phi) is 5.37. The minimum atomic E-state index is 0.666. The lowest BCUT2D eigenvalue weighted by molar-refractivity contribution is 0.392. The van der Waals surface area contributed by atoms with Crippen LogP contribution in [0.2, 0.25) is 0 Å². The zero-order chi connectivity index (χ0) is 17.0. The lowest BCUT2D eigenvalue weighted by Crippen LogP contribution is -2.00. The fourth-order valence-electron chi connectivity index (χ4n) is 2.71. The summed E-state index contributed by atoms with van der Waals surface area (Å²) < 4.78 is 21.9. The van der Waals surface area contributed by atoms with Gasteiger partial charge in [0.2, 0.25) is 0 Å². The van der Waals surface area contributed by atoms with Crippen molar-refractivity contribution < 1.29 is 18.9 Å². The molecular weight excluding hydrogens is 292 g/mol. The molecule has 124 valence electrons. The average Bonchev–Trinajstić information content (AvgIpc) is 2.56. The van der Waals surface area contributed by atoms with Gasteiger partial charge < -0.3 is 18.9 Å². The normalized spacial score (nSPS) is 10.3. The van der Waals surface area contributed by atoms with E-state index in [-0.39, 0.29) is 0 Å². The number of methoxy groups -OCH3 is 4. The summed E-state index contributed by atoms with van der Waals surface area (Å²) in [5, 5.41) is 0. The Hall–Kier alpha value is -2.36. The molecule has 0 aliphatic carbocycles. The molecule has 4 heteroatoms. The van der Waals surface area contributed by atoms with E-state index >= 15 is 0 Å². The second-order valence-corrected chi connectivity index (χ2v) is 5.44. The van der Waals surface area contributed by atoms with E-state index in [1.807, 2.05) is 38.1 Å². The third kappa shape index (κ3) is 3.52. The SMILES string of the molecule is COc1cc(Cc2cc(OC)c(C)cc2OC)c(OC)cc1C. The molecule has 0 fully saturated rings. The van der Waals surface area contributed by atoms with Gasteiger partial charge in [0.05, 0.1) is 28.4 Å². The maximum Gasteiger partial charge on any atom is 0.122 e. The van der Waals surface area contributed by atoms with E-state index in [1.165, 1.54) is 0 Å². The Labute approximate surface area is 137 Å². The van der Waals surface area contributed by atoms with E-state index in [0.717, 1.165) is 45.3 Å². The van der Waals surface area contributed by atoms with Gasteiger partial charge in [-0.1, -0.05) is 0 Å². The smallest absolute Gasteiger partial charge is 0.122 e. The molecule has 0 N–H and O–H groups in total. The van der Waals surface area contributed by atoms with Crippen LogP contribution in [0.4, 0.5) is 0 Å². The van der Waals surface area contributed by atoms with Gasteiger partial charge in [0.1, 0.15) is 23.0 Å². The Morgan fingerprint density at radius 1 is 0.565 bits per heavy atom. The molecule has 23 heavy (non-hydrogen) atoms. The highest BCUT2D eigenvalue weighted by Gasteiger charge is 2.14. The van der Waals surface area contributed by atoms with Crippen LogP contribution >= 0.6 is 0 Å². The zero-order valence-electron chi connectivity index (χ0n) is 14.6. The Morgan fingerprint density at radius 3 is 1.22 bits per heavy atom. The van der Waals surface area contributed by atoms with Crippen LogP contribution in [0.5, 0.6) is 23.0 Å². The summed E-state index contributed by atoms with van der Waals surface area (Å²) >= 11 is 0. The zero-order valence-corrected chi connectivity index (χ0v) is 14.6. The lowest BCUT2D eigenvalue weighted by Gasteiger charge is -2.16. The standard InChI is InChI=1S/C19H24O4/c1-12-7-18(22-5)14(10-16(12)20-3)9-15-11-17(21-4)13(2)8-19(15)23-6/h7-8,10-11H,9H2,1-6H3. The molecule has 2 aromatic carbocycles. The molecular formula is C19H24O4. The van der Waals surface area contributed by atoms with E-state index in [0.29, 0.717) is 6.42 Å². The summed E-state index contributed by atoms with van der Waals surface area (Å²) in [4.78, 5) is 0. The van der Waals surface area contributed by atoms with Gasteiger partial charge in [0, 0.05) is 17.5 Å². The van der Waals surface area contributed by atoms with E-state index in [4.69, 9.17) is 18.9 Å². The Morgan fingerprint density at radius 2 is 0.913 bits per heavy atom. The molecule has 0 radical (unpaired) electrons. The van der Waals surface area contributed by atoms with Crippen LogP contribution < -0.4 is 18.9 Å². The van der Waals surface area contributed by atoms with E-state index in [1.54, 1.807) is 28.4 Å². The van der Waals surface area contributed by atoms with Crippen molar-refractivity contribution in [3.63, 3.8) is 0 Å². The van der Waals surface area contributed by atoms with E-state index in [2.05, 4.69) is 0 Å². The molecule has 0 amide bonds. The van der Waals surface area contributed by atoms with Crippen LogP contribution in [0, 0.1) is 13.8 Å². The molecule has 0 aliphatic rings. The van der Waals surface area contributed by atoms with Crippen molar-refractivity contribution in [2.45, 2.75) is 20.3 Å². The lowest BCUT2D eigenvalue weighted by atomic mass is 9.99. The molecule has 0 aromatic heterocycles. The highest BCUT2D eigenvalue weighted by atomic mass is 16.5. The van der Waals surface area contributed by atoms with Crippen molar-refractivity contribution in [3.8, 4) is 23.0 Å². The molecule has 0 spiro atoms. The number of ether oxygens (including phenoxy) is 4. The van der Waals surface area contributed by atoms with Crippen molar-refractivity contribution in [1.29, 1.82) is 0 Å². The Balaban J connectivity index is 2.49. The predicted molar refractivity (Wildman–Crippen MR) is 91.4 cm³/mol. The first-order valence-corrected chi connectivity index (χ1v) is 7.47. The molecule has 0 aliphatic heterocycles. The van der Waals surface area contributed by atoms with Gasteiger partial charge in [-0.25, -0.2) is 0 Å². The topological polar surface area (TPSA) is 36.9 Å². The monoisotopic (exact) mass is 316 g/mol. The van der Waals surface area contributed by atoms with Crippen LogP contribution in [0.25, 0.3) is 0 Å². The molecule has 0 atom stereocenters. The summed E-state index contributed by atoms with van der Waals surface area (Å²) in [6.45, 7) is 4.00. The van der Waals surface area contributed by atoms with Gasteiger partial charge in [0.25, 0.3) is 0 Å². The Bertz CT molecular complexity index is 633. The molecule has 0 saturated heterocycles. The van der Waals surface area contributed by atoms with Crippen LogP contribution in [-0.4, -0.2) is 28.4 Å². The highest BCUT2D eigenvalue weighted by Crippen LogP contribution is 2.34. The molecule has 0 unspecified atom stereocenters. The van der Waals surface area contributed by atoms with Gasteiger partial charge >= 0.3 is 0 Å². The van der Waals surface area contributed by atoms with Gasteiger partial charge in [-0.05, 0) is 49.2 Å². The second kappa shape index (κ2) is 7.27. The largest absolute Gasteiger partial charge is 0.496 e. The molecule has 0 heterocycles. The number of rotatable bonds is 6. The fourth-order valence-corrected chi connectivity index (χ4v) is 2.71. The number of benzene rings is 2. The van der Waals surface area contributed by atoms with Gasteiger partial charge in [-0.3, -0.25) is 0 Å². The predicted octanol–water partition coefficient (Wildman–Crippen LogP) is 3.93. The fraction of sp³-hybridized carbons (Fsp3) is 0.368. The molecule has 4 nitrogen and oxygen atoms in total. The van der Waals surface area contributed by atoms with Crippen LogP contribution in [-0.2, 0) is 6.42 Å². The summed E-state index contributed by atoms with van der Waals surface area (Å²) in [6.07, 6.45) is 0.666. The van der Waals surface area contributed by atoms with Crippen molar-refractivity contribution in [3.05, 3.63) is 46.5 Å². The highest BCUT2D eigenvalue weighted by molar-refractivity contribution is 5.52. The third-order valence-corrected chi connectivity index (χ3v) is 3.98. The third-order valence-electron chi connectivity index (χ3n) is 3.98. The van der Waals surface area contributed by atoms with Crippen molar-refractivity contribution in [2.24, 2.45) is 0 Å². The van der Waals surface area contributed by atoms with E-state index < -0.39 is 0 Å². The maximum atomic E-state index is 5.52. The van der Waals surface area contributed by atoms with Crippen LogP contribution in [0.15, 0.2) is 24.3 Å². The summed E-state index contributed by atoms with van der Waals surface area (Å²) in [6, 6.07) is 8.01. The second-order valence-electron chi connectivity index (χ2n) is 5.44. The minimum Gasteiger partial charge on any atom is -0.496 e. The minimum absolute atomic E-state index is 0.666. The molecule has 0 saturated carbocycles. The van der Waals surface area contributed by atoms with Crippen LogP contribution in [0.1, 0.15) is 22.3 Å². The van der Waals surface area contributed by atoms with Crippen molar-refractivity contribution in [2.75, 3.05) is 28.4 Å². The van der Waals surface area contributed by atoms with Crippen molar-refractivity contribution >= 4 is 0 Å². The first kappa shape index (κ1) is 17.0. The number of hydrogen-bond acceptors (Lipinski definition) is 4. The first-order valence-electron chi connectivity index (χ1n) is 7.47. The number of aryl methyl sites for hydroxylation is 2. The first-order chi connectivity index (χ1) is 11.0. The molecule has 2 aromatic rings. The summed E-state index contributed by atoms with van der Waals surface area (Å²) in [7, 11) is 6.71. The summed E-state index contributed by atoms with van der Waals surface area (Å²) in [5.41, 5.74) is 4.17. The van der Waals surface area contributed by atoms with Gasteiger partial charge in [0.15, 0.2) is 0 Å². The van der Waals surface area contributed by atoms with Crippen LogP contribution in [0.3, 0.4) is 0 Å². The quantitative estimate of drug-likeness (QED) is 0.809. The maximum absolute atomic E-state index is 5.52. The van der Waals surface area contributed by atoms with Gasteiger partial charge in [-0.15, -0.1) is 0 Å². The summed E-state index contributed by atoms with van der Waals surface area (Å²) in [5.74, 6) is 3.37. The van der Waals surface area contributed by atoms with E-state index in [9.17, 15) is 0 Å². The van der Waals surface area contributed by atoms with Gasteiger partial charge in [-0.2, -0.15) is 0 Å². The molecule has 0 bridgehead atoms.